The quantitative estimate of drug-likeness (QED) is 0.907. The molecule has 124 valence electrons. The van der Waals surface area contributed by atoms with Crippen LogP contribution in [0.2, 0.25) is 0 Å². The molecule has 2 aromatic rings. The van der Waals surface area contributed by atoms with E-state index in [1.807, 2.05) is 19.1 Å². The number of amides is 2. The zero-order valence-electron chi connectivity index (χ0n) is 13.2. The van der Waals surface area contributed by atoms with Crippen LogP contribution in [0.1, 0.15) is 42.3 Å². The lowest BCUT2D eigenvalue weighted by Crippen LogP contribution is -2.34. The van der Waals surface area contributed by atoms with Crippen molar-refractivity contribution in [2.75, 3.05) is 19.0 Å². The highest BCUT2D eigenvalue weighted by molar-refractivity contribution is 7.15. The van der Waals surface area contributed by atoms with E-state index in [0.717, 1.165) is 35.8 Å². The molecule has 1 aliphatic heterocycles. The van der Waals surface area contributed by atoms with Gasteiger partial charge in [-0.05, 0) is 31.4 Å². The second kappa shape index (κ2) is 7.10. The number of nitrogens with one attached hydrogen (secondary N) is 1. The summed E-state index contributed by atoms with van der Waals surface area (Å²) in [5.41, 5.74) is 0. The summed E-state index contributed by atoms with van der Waals surface area (Å²) < 4.78 is 10.9. The van der Waals surface area contributed by atoms with Crippen molar-refractivity contribution in [2.24, 2.45) is 0 Å². The standard InChI is InChI=1S/C15H20N4O3S/c1-3-13-17-18-14(23-13)16-15(20)19-8-4-5-11(19)12-7-6-10(22-12)9-21-2/h6-7,11H,3-5,8-9H2,1-2H3,(H,16,18,20). The number of aryl methyl sites for hydroxylation is 1. The van der Waals surface area contributed by atoms with Crippen molar-refractivity contribution in [3.63, 3.8) is 0 Å². The van der Waals surface area contributed by atoms with Crippen LogP contribution in [0.15, 0.2) is 16.5 Å². The molecule has 1 saturated heterocycles. The number of nitrogens with zero attached hydrogens (tertiary/aromatic N) is 3. The van der Waals surface area contributed by atoms with Crippen LogP contribution in [0.25, 0.3) is 0 Å². The smallest absolute Gasteiger partial charge is 0.324 e. The molecule has 0 bridgehead atoms. The first-order valence-electron chi connectivity index (χ1n) is 7.68. The number of furan rings is 1. The van der Waals surface area contributed by atoms with Gasteiger partial charge in [-0.25, -0.2) is 4.79 Å². The van der Waals surface area contributed by atoms with Crippen molar-refractivity contribution in [1.29, 1.82) is 0 Å². The van der Waals surface area contributed by atoms with Crippen molar-refractivity contribution in [2.45, 2.75) is 38.8 Å². The van der Waals surface area contributed by atoms with E-state index in [-0.39, 0.29) is 12.1 Å². The van der Waals surface area contributed by atoms with Crippen LogP contribution in [0.4, 0.5) is 9.93 Å². The monoisotopic (exact) mass is 336 g/mol. The number of hydrogen-bond donors (Lipinski definition) is 1. The Labute approximate surface area is 138 Å². The summed E-state index contributed by atoms with van der Waals surface area (Å²) >= 11 is 1.41. The predicted molar refractivity (Wildman–Crippen MR) is 86.4 cm³/mol. The maximum absolute atomic E-state index is 12.5. The molecule has 23 heavy (non-hydrogen) atoms. The second-order valence-corrected chi connectivity index (χ2v) is 6.44. The summed E-state index contributed by atoms with van der Waals surface area (Å²) in [6.45, 7) is 3.15. The first kappa shape index (κ1) is 15.9. The molecule has 1 N–H and O–H groups in total. The molecular weight excluding hydrogens is 316 g/mol. The van der Waals surface area contributed by atoms with Crippen LogP contribution < -0.4 is 5.32 Å². The normalized spacial score (nSPS) is 17.7. The van der Waals surface area contributed by atoms with E-state index in [1.54, 1.807) is 12.0 Å². The molecule has 2 amide bonds. The number of carbonyl (C=O) groups excluding carboxylic acids is 1. The third-order valence-corrected chi connectivity index (χ3v) is 4.78. The summed E-state index contributed by atoms with van der Waals surface area (Å²) in [4.78, 5) is 14.3. The van der Waals surface area contributed by atoms with Gasteiger partial charge in [-0.3, -0.25) is 5.32 Å². The van der Waals surface area contributed by atoms with Gasteiger partial charge in [0.05, 0.1) is 6.04 Å². The van der Waals surface area contributed by atoms with Gasteiger partial charge in [0.25, 0.3) is 0 Å². The van der Waals surface area contributed by atoms with Gasteiger partial charge in [-0.15, -0.1) is 10.2 Å². The average Bonchev–Trinajstić information content (AvgIpc) is 3.27. The van der Waals surface area contributed by atoms with Gasteiger partial charge in [-0.2, -0.15) is 0 Å². The molecule has 3 heterocycles. The molecule has 7 nitrogen and oxygen atoms in total. The Kier molecular flexibility index (Phi) is 4.92. The largest absolute Gasteiger partial charge is 0.461 e. The van der Waals surface area contributed by atoms with E-state index in [4.69, 9.17) is 9.15 Å². The summed E-state index contributed by atoms with van der Waals surface area (Å²) in [7, 11) is 1.63. The van der Waals surface area contributed by atoms with E-state index in [9.17, 15) is 4.79 Å². The minimum absolute atomic E-state index is 0.0424. The number of urea groups is 1. The maximum atomic E-state index is 12.5. The number of rotatable bonds is 5. The highest BCUT2D eigenvalue weighted by Gasteiger charge is 2.32. The van der Waals surface area contributed by atoms with Crippen LogP contribution in [-0.2, 0) is 17.8 Å². The second-order valence-electron chi connectivity index (χ2n) is 5.37. The first-order chi connectivity index (χ1) is 11.2. The topological polar surface area (TPSA) is 80.5 Å². The average molecular weight is 336 g/mol. The molecule has 8 heteroatoms. The molecule has 0 radical (unpaired) electrons. The Bertz CT molecular complexity index is 669. The van der Waals surface area contributed by atoms with Crippen molar-refractivity contribution >= 4 is 22.5 Å². The van der Waals surface area contributed by atoms with Gasteiger partial charge in [0.15, 0.2) is 0 Å². The van der Waals surface area contributed by atoms with Gasteiger partial charge in [0, 0.05) is 13.7 Å². The summed E-state index contributed by atoms with van der Waals surface area (Å²) in [5.74, 6) is 1.57. The Hall–Kier alpha value is -1.93. The molecule has 0 aliphatic carbocycles. The highest BCUT2D eigenvalue weighted by Crippen LogP contribution is 2.33. The van der Waals surface area contributed by atoms with Crippen LogP contribution in [0, 0.1) is 0 Å². The molecule has 0 aromatic carbocycles. The summed E-state index contributed by atoms with van der Waals surface area (Å²) in [5, 5.41) is 12.3. The molecule has 0 spiro atoms. The zero-order valence-corrected chi connectivity index (χ0v) is 14.1. The minimum atomic E-state index is -0.156. The number of methoxy groups -OCH3 is 1. The molecular formula is C15H20N4O3S. The van der Waals surface area contributed by atoms with Gasteiger partial charge in [0.1, 0.15) is 23.1 Å². The molecule has 1 unspecified atom stereocenters. The molecule has 1 aliphatic rings. The lowest BCUT2D eigenvalue weighted by Gasteiger charge is -2.22. The Balaban J connectivity index is 1.68. The number of hydrogen-bond acceptors (Lipinski definition) is 6. The van der Waals surface area contributed by atoms with Crippen LogP contribution >= 0.6 is 11.3 Å². The minimum Gasteiger partial charge on any atom is -0.461 e. The van der Waals surface area contributed by atoms with Crippen molar-refractivity contribution in [3.05, 3.63) is 28.7 Å². The number of likely N-dealkylation sites (tertiary alicyclic amines) is 1. The fourth-order valence-electron chi connectivity index (χ4n) is 2.71. The number of ether oxygens (including phenoxy) is 1. The summed E-state index contributed by atoms with van der Waals surface area (Å²) in [6.07, 6.45) is 2.66. The number of anilines is 1. The molecule has 2 aromatic heterocycles. The molecule has 1 fully saturated rings. The lowest BCUT2D eigenvalue weighted by molar-refractivity contribution is 0.157. The third kappa shape index (κ3) is 3.53. The number of carbonyl (C=O) groups is 1. The number of aromatic nitrogens is 2. The fraction of sp³-hybridized carbons (Fsp3) is 0.533. The molecule has 0 saturated carbocycles. The van der Waals surface area contributed by atoms with Crippen molar-refractivity contribution < 1.29 is 13.9 Å². The Morgan fingerprint density at radius 3 is 3.13 bits per heavy atom. The summed E-state index contributed by atoms with van der Waals surface area (Å²) in [6, 6.07) is 3.62. The van der Waals surface area contributed by atoms with E-state index in [1.165, 1.54) is 11.3 Å². The molecule has 1 atom stereocenters. The van der Waals surface area contributed by atoms with Crippen molar-refractivity contribution in [3.8, 4) is 0 Å². The first-order valence-corrected chi connectivity index (χ1v) is 8.50. The molecule has 3 rings (SSSR count). The Morgan fingerprint density at radius 2 is 2.39 bits per heavy atom. The highest BCUT2D eigenvalue weighted by atomic mass is 32.1. The van der Waals surface area contributed by atoms with Gasteiger partial charge in [-0.1, -0.05) is 18.3 Å². The third-order valence-electron chi connectivity index (χ3n) is 3.79. The van der Waals surface area contributed by atoms with E-state index >= 15 is 0 Å². The zero-order chi connectivity index (χ0) is 16.2. The predicted octanol–water partition coefficient (Wildman–Crippen LogP) is 3.21. The Morgan fingerprint density at radius 1 is 1.52 bits per heavy atom. The van der Waals surface area contributed by atoms with E-state index in [0.29, 0.717) is 18.3 Å². The fourth-order valence-corrected chi connectivity index (χ4v) is 3.38. The van der Waals surface area contributed by atoms with Crippen LogP contribution in [0.5, 0.6) is 0 Å². The van der Waals surface area contributed by atoms with E-state index < -0.39 is 0 Å². The van der Waals surface area contributed by atoms with Crippen molar-refractivity contribution in [1.82, 2.24) is 15.1 Å². The van der Waals surface area contributed by atoms with Gasteiger partial charge in [0.2, 0.25) is 5.13 Å². The van der Waals surface area contributed by atoms with E-state index in [2.05, 4.69) is 15.5 Å². The maximum Gasteiger partial charge on any atom is 0.324 e. The SMILES string of the molecule is CCc1nnc(NC(=O)N2CCCC2c2ccc(COC)o2)s1. The van der Waals surface area contributed by atoms with Gasteiger partial charge >= 0.3 is 6.03 Å². The van der Waals surface area contributed by atoms with Gasteiger partial charge < -0.3 is 14.1 Å². The van der Waals surface area contributed by atoms with Crippen LogP contribution in [-0.4, -0.2) is 34.8 Å². The van der Waals surface area contributed by atoms with Crippen LogP contribution in [0.3, 0.4) is 0 Å². The lowest BCUT2D eigenvalue weighted by atomic mass is 10.2.